The van der Waals surface area contributed by atoms with Gasteiger partial charge in [0.05, 0.1) is 12.1 Å². The quantitative estimate of drug-likeness (QED) is 0.567. The molecule has 0 saturated carbocycles. The highest BCUT2D eigenvalue weighted by atomic mass is 32.2. The lowest BCUT2D eigenvalue weighted by atomic mass is 10.3. The Morgan fingerprint density at radius 2 is 2.23 bits per heavy atom. The van der Waals surface area contributed by atoms with Gasteiger partial charge >= 0.3 is 0 Å². The zero-order chi connectivity index (χ0) is 9.52. The molecule has 13 heavy (non-hydrogen) atoms. The van der Waals surface area contributed by atoms with E-state index in [1.807, 2.05) is 6.07 Å². The lowest BCUT2D eigenvalue weighted by Gasteiger charge is -2.00. The molecular formula is C8H10N4S. The Hall–Kier alpha value is -1.12. The molecule has 0 spiro atoms. The molecule has 68 valence electrons. The Labute approximate surface area is 81.2 Å². The van der Waals surface area contributed by atoms with Crippen molar-refractivity contribution in [1.29, 1.82) is 5.26 Å². The minimum atomic E-state index is -0.379. The molecule has 1 unspecified atom stereocenters. The third-order valence-corrected chi connectivity index (χ3v) is 2.28. The van der Waals surface area contributed by atoms with Crippen molar-refractivity contribution in [2.45, 2.75) is 17.6 Å². The summed E-state index contributed by atoms with van der Waals surface area (Å²) in [7, 11) is 0. The van der Waals surface area contributed by atoms with E-state index < -0.39 is 0 Å². The Morgan fingerprint density at radius 3 is 2.85 bits per heavy atom. The third kappa shape index (κ3) is 3.87. The average Bonchev–Trinajstić information content (AvgIpc) is 2.19. The second kappa shape index (κ2) is 5.51. The van der Waals surface area contributed by atoms with E-state index in [1.54, 1.807) is 18.5 Å². The van der Waals surface area contributed by atoms with Gasteiger partial charge in [-0.25, -0.2) is 9.97 Å². The van der Waals surface area contributed by atoms with Crippen LogP contribution >= 0.6 is 11.8 Å². The van der Waals surface area contributed by atoms with Crippen LogP contribution in [0.15, 0.2) is 23.6 Å². The number of thioether (sulfide) groups is 1. The van der Waals surface area contributed by atoms with Crippen molar-refractivity contribution in [2.75, 3.05) is 5.75 Å². The van der Waals surface area contributed by atoms with Crippen LogP contribution in [0.1, 0.15) is 6.42 Å². The standard InChI is InChI=1S/C8H10N4S/c9-6-7(10)2-5-13-8-11-3-1-4-12-8/h1,3-4,7H,2,5,10H2. The summed E-state index contributed by atoms with van der Waals surface area (Å²) in [5, 5.41) is 9.15. The van der Waals surface area contributed by atoms with Crippen molar-refractivity contribution in [2.24, 2.45) is 5.73 Å². The van der Waals surface area contributed by atoms with Gasteiger partial charge in [-0.1, -0.05) is 11.8 Å². The van der Waals surface area contributed by atoms with E-state index in [4.69, 9.17) is 11.0 Å². The third-order valence-electron chi connectivity index (χ3n) is 1.37. The summed E-state index contributed by atoms with van der Waals surface area (Å²) in [6.07, 6.45) is 4.05. The number of hydrogen-bond donors (Lipinski definition) is 1. The first kappa shape index (κ1) is 9.96. The Bertz CT molecular complexity index is 282. The Kier molecular flexibility index (Phi) is 4.23. The fourth-order valence-corrected chi connectivity index (χ4v) is 1.53. The number of aromatic nitrogens is 2. The molecular weight excluding hydrogens is 184 g/mol. The molecule has 0 aromatic carbocycles. The predicted molar refractivity (Wildman–Crippen MR) is 51.0 cm³/mol. The van der Waals surface area contributed by atoms with Gasteiger partial charge in [0.2, 0.25) is 0 Å². The molecule has 0 fully saturated rings. The summed E-state index contributed by atoms with van der Waals surface area (Å²) in [6, 6.07) is 3.37. The van der Waals surface area contributed by atoms with Crippen LogP contribution in [-0.4, -0.2) is 21.8 Å². The second-order valence-electron chi connectivity index (χ2n) is 2.40. The molecule has 1 aromatic rings. The van der Waals surface area contributed by atoms with E-state index in [9.17, 15) is 0 Å². The maximum Gasteiger partial charge on any atom is 0.187 e. The van der Waals surface area contributed by atoms with E-state index in [1.165, 1.54) is 11.8 Å². The summed E-state index contributed by atoms with van der Waals surface area (Å²) in [6.45, 7) is 0. The van der Waals surface area contributed by atoms with Crippen molar-refractivity contribution in [1.82, 2.24) is 9.97 Å². The molecule has 1 aromatic heterocycles. The first-order valence-electron chi connectivity index (χ1n) is 3.88. The topological polar surface area (TPSA) is 75.6 Å². The molecule has 0 radical (unpaired) electrons. The minimum Gasteiger partial charge on any atom is -0.316 e. The van der Waals surface area contributed by atoms with Crippen LogP contribution in [0.5, 0.6) is 0 Å². The lowest BCUT2D eigenvalue weighted by Crippen LogP contribution is -2.17. The van der Waals surface area contributed by atoms with Crippen LogP contribution in [0, 0.1) is 11.3 Å². The van der Waals surface area contributed by atoms with Gasteiger partial charge in [-0.15, -0.1) is 0 Å². The largest absolute Gasteiger partial charge is 0.316 e. The highest BCUT2D eigenvalue weighted by molar-refractivity contribution is 7.99. The van der Waals surface area contributed by atoms with Crippen LogP contribution in [0.3, 0.4) is 0 Å². The molecule has 2 N–H and O–H groups in total. The maximum absolute atomic E-state index is 8.42. The highest BCUT2D eigenvalue weighted by Gasteiger charge is 2.00. The monoisotopic (exact) mass is 194 g/mol. The van der Waals surface area contributed by atoms with Gasteiger partial charge < -0.3 is 5.73 Å². The molecule has 0 aliphatic carbocycles. The minimum absolute atomic E-state index is 0.379. The van der Waals surface area contributed by atoms with Crippen molar-refractivity contribution in [3.8, 4) is 6.07 Å². The van der Waals surface area contributed by atoms with Gasteiger partial charge in [0.15, 0.2) is 5.16 Å². The van der Waals surface area contributed by atoms with Crippen molar-refractivity contribution < 1.29 is 0 Å². The van der Waals surface area contributed by atoms with Gasteiger partial charge in [-0.3, -0.25) is 0 Å². The second-order valence-corrected chi connectivity index (χ2v) is 3.47. The van der Waals surface area contributed by atoms with Crippen LogP contribution in [0.25, 0.3) is 0 Å². The zero-order valence-corrected chi connectivity index (χ0v) is 7.87. The molecule has 0 bridgehead atoms. The van der Waals surface area contributed by atoms with Gasteiger partial charge in [0, 0.05) is 18.1 Å². The normalized spacial score (nSPS) is 12.0. The molecule has 0 aliphatic rings. The van der Waals surface area contributed by atoms with Gasteiger partial charge in [-0.2, -0.15) is 5.26 Å². The van der Waals surface area contributed by atoms with E-state index in [2.05, 4.69) is 9.97 Å². The van der Waals surface area contributed by atoms with Crippen LogP contribution in [-0.2, 0) is 0 Å². The summed E-state index contributed by atoms with van der Waals surface area (Å²) >= 11 is 1.51. The summed E-state index contributed by atoms with van der Waals surface area (Å²) in [4.78, 5) is 8.06. The molecule has 0 aliphatic heterocycles. The highest BCUT2D eigenvalue weighted by Crippen LogP contribution is 2.12. The Morgan fingerprint density at radius 1 is 1.54 bits per heavy atom. The van der Waals surface area contributed by atoms with Gasteiger partial charge in [0.1, 0.15) is 0 Å². The molecule has 1 rings (SSSR count). The number of nitriles is 1. The fourth-order valence-electron chi connectivity index (χ4n) is 0.702. The first-order chi connectivity index (χ1) is 6.33. The molecule has 4 nitrogen and oxygen atoms in total. The number of hydrogen-bond acceptors (Lipinski definition) is 5. The van der Waals surface area contributed by atoms with Crippen molar-refractivity contribution >= 4 is 11.8 Å². The molecule has 0 amide bonds. The number of rotatable bonds is 4. The molecule has 1 heterocycles. The summed E-state index contributed by atoms with van der Waals surface area (Å²) in [5.41, 5.74) is 5.42. The smallest absolute Gasteiger partial charge is 0.187 e. The van der Waals surface area contributed by atoms with Gasteiger partial charge in [0.25, 0.3) is 0 Å². The maximum atomic E-state index is 8.42. The van der Waals surface area contributed by atoms with Gasteiger partial charge in [-0.05, 0) is 12.5 Å². The SMILES string of the molecule is N#CC(N)CCSc1ncccn1. The van der Waals surface area contributed by atoms with Crippen molar-refractivity contribution in [3.63, 3.8) is 0 Å². The number of nitrogens with zero attached hydrogens (tertiary/aromatic N) is 3. The first-order valence-corrected chi connectivity index (χ1v) is 4.86. The van der Waals surface area contributed by atoms with E-state index in [0.717, 1.165) is 10.9 Å². The number of nitrogens with two attached hydrogens (primary N) is 1. The van der Waals surface area contributed by atoms with Crippen LogP contribution < -0.4 is 5.73 Å². The van der Waals surface area contributed by atoms with E-state index in [-0.39, 0.29) is 6.04 Å². The average molecular weight is 194 g/mol. The summed E-state index contributed by atoms with van der Waals surface area (Å²) in [5.74, 6) is 0.777. The molecule has 5 heteroatoms. The molecule has 1 atom stereocenters. The van der Waals surface area contributed by atoms with E-state index >= 15 is 0 Å². The Balaban J connectivity index is 2.25. The van der Waals surface area contributed by atoms with E-state index in [0.29, 0.717) is 6.42 Å². The molecule has 0 saturated heterocycles. The van der Waals surface area contributed by atoms with Crippen LogP contribution in [0.4, 0.5) is 0 Å². The van der Waals surface area contributed by atoms with Crippen LogP contribution in [0.2, 0.25) is 0 Å². The predicted octanol–water partition coefficient (Wildman–Crippen LogP) is 0.810. The van der Waals surface area contributed by atoms with Crippen molar-refractivity contribution in [3.05, 3.63) is 18.5 Å². The zero-order valence-electron chi connectivity index (χ0n) is 7.05. The summed E-state index contributed by atoms with van der Waals surface area (Å²) < 4.78 is 0. The lowest BCUT2D eigenvalue weighted by molar-refractivity contribution is 0.801. The fraction of sp³-hybridized carbons (Fsp3) is 0.375.